The number of ether oxygens (including phenoxy) is 1. The molecule has 0 radical (unpaired) electrons. The molecule has 150 valence electrons. The number of anilines is 1. The molecular formula is C23H18ClN3O3. The minimum Gasteiger partial charge on any atom is -0.457 e. The number of pyridine rings is 1. The van der Waals surface area contributed by atoms with Crippen LogP contribution in [0, 0.1) is 10.1 Å². The van der Waals surface area contributed by atoms with Crippen LogP contribution in [0.15, 0.2) is 78.9 Å². The monoisotopic (exact) mass is 419 g/mol. The molecule has 4 rings (SSSR count). The van der Waals surface area contributed by atoms with Crippen LogP contribution in [0.5, 0.6) is 11.5 Å². The second kappa shape index (κ2) is 8.80. The van der Waals surface area contributed by atoms with Crippen molar-refractivity contribution in [3.63, 3.8) is 0 Å². The number of nitrogens with zero attached hydrogens (tertiary/aromatic N) is 2. The van der Waals surface area contributed by atoms with Gasteiger partial charge in [-0.15, -0.1) is 0 Å². The predicted molar refractivity (Wildman–Crippen MR) is 119 cm³/mol. The smallest absolute Gasteiger partial charge is 0.269 e. The molecule has 6 nitrogen and oxygen atoms in total. The number of halogens is 1. The normalized spacial score (nSPS) is 10.7. The number of para-hydroxylation sites is 1. The van der Waals surface area contributed by atoms with Crippen molar-refractivity contribution in [2.24, 2.45) is 0 Å². The van der Waals surface area contributed by atoms with E-state index < -0.39 is 4.92 Å². The van der Waals surface area contributed by atoms with Gasteiger partial charge >= 0.3 is 0 Å². The first-order chi connectivity index (χ1) is 14.6. The SMILES string of the molecule is O=[N+]([O-])c1ccc(CCNc2cc(Cl)nc3ccc(Oc4ccccc4)cc23)cc1. The van der Waals surface area contributed by atoms with Gasteiger partial charge in [-0.1, -0.05) is 41.9 Å². The zero-order chi connectivity index (χ0) is 20.9. The number of fused-ring (bicyclic) bond motifs is 1. The number of non-ortho nitro benzene ring substituents is 1. The van der Waals surface area contributed by atoms with E-state index in [9.17, 15) is 10.1 Å². The van der Waals surface area contributed by atoms with Crippen molar-refractivity contribution in [2.45, 2.75) is 6.42 Å². The van der Waals surface area contributed by atoms with Crippen molar-refractivity contribution in [3.05, 3.63) is 99.7 Å². The fraction of sp³-hybridized carbons (Fsp3) is 0.0870. The lowest BCUT2D eigenvalue weighted by atomic mass is 10.1. The van der Waals surface area contributed by atoms with Crippen LogP contribution >= 0.6 is 11.6 Å². The van der Waals surface area contributed by atoms with Gasteiger partial charge in [-0.3, -0.25) is 10.1 Å². The highest BCUT2D eigenvalue weighted by Crippen LogP contribution is 2.31. The van der Waals surface area contributed by atoms with Crippen LogP contribution in [0.4, 0.5) is 11.4 Å². The van der Waals surface area contributed by atoms with Gasteiger partial charge in [0.2, 0.25) is 0 Å². The number of aromatic nitrogens is 1. The number of nitro benzene ring substituents is 1. The number of hydrogen-bond donors (Lipinski definition) is 1. The largest absolute Gasteiger partial charge is 0.457 e. The summed E-state index contributed by atoms with van der Waals surface area (Å²) in [6.07, 6.45) is 0.708. The summed E-state index contributed by atoms with van der Waals surface area (Å²) >= 11 is 6.19. The van der Waals surface area contributed by atoms with E-state index in [0.717, 1.165) is 27.9 Å². The van der Waals surface area contributed by atoms with Gasteiger partial charge in [0, 0.05) is 29.8 Å². The summed E-state index contributed by atoms with van der Waals surface area (Å²) in [6.45, 7) is 0.636. The van der Waals surface area contributed by atoms with Crippen LogP contribution in [0.25, 0.3) is 10.9 Å². The standard InChI is InChI=1S/C23H18ClN3O3/c24-23-15-22(25-13-12-16-6-8-17(9-7-16)27(28)29)20-14-19(10-11-21(20)26-23)30-18-4-2-1-3-5-18/h1-11,14-15H,12-13H2,(H,25,26). The maximum Gasteiger partial charge on any atom is 0.269 e. The van der Waals surface area contributed by atoms with Crippen molar-refractivity contribution < 1.29 is 9.66 Å². The third-order valence-electron chi connectivity index (χ3n) is 4.60. The van der Waals surface area contributed by atoms with E-state index in [-0.39, 0.29) is 5.69 Å². The van der Waals surface area contributed by atoms with Gasteiger partial charge in [0.15, 0.2) is 0 Å². The Morgan fingerprint density at radius 3 is 2.47 bits per heavy atom. The summed E-state index contributed by atoms with van der Waals surface area (Å²) in [5, 5.41) is 15.5. The van der Waals surface area contributed by atoms with Crippen LogP contribution < -0.4 is 10.1 Å². The van der Waals surface area contributed by atoms with E-state index in [2.05, 4.69) is 10.3 Å². The second-order valence-corrected chi connectivity index (χ2v) is 7.07. The minimum atomic E-state index is -0.401. The molecule has 30 heavy (non-hydrogen) atoms. The van der Waals surface area contributed by atoms with E-state index in [1.54, 1.807) is 18.2 Å². The molecule has 0 bridgehead atoms. The molecule has 1 aromatic heterocycles. The second-order valence-electron chi connectivity index (χ2n) is 6.69. The highest BCUT2D eigenvalue weighted by molar-refractivity contribution is 6.30. The number of nitro groups is 1. The summed E-state index contributed by atoms with van der Waals surface area (Å²) in [5.74, 6) is 1.46. The van der Waals surface area contributed by atoms with Gasteiger partial charge < -0.3 is 10.1 Å². The molecule has 0 spiro atoms. The van der Waals surface area contributed by atoms with Crippen molar-refractivity contribution in [1.29, 1.82) is 0 Å². The minimum absolute atomic E-state index is 0.0876. The summed E-state index contributed by atoms with van der Waals surface area (Å²) in [4.78, 5) is 14.8. The lowest BCUT2D eigenvalue weighted by molar-refractivity contribution is -0.384. The Kier molecular flexibility index (Phi) is 5.77. The molecule has 7 heteroatoms. The summed E-state index contributed by atoms with van der Waals surface area (Å²) in [6, 6.07) is 23.6. The zero-order valence-electron chi connectivity index (χ0n) is 15.9. The maximum atomic E-state index is 10.8. The Morgan fingerprint density at radius 2 is 1.73 bits per heavy atom. The number of benzene rings is 3. The van der Waals surface area contributed by atoms with Gasteiger partial charge in [-0.25, -0.2) is 4.98 Å². The van der Waals surface area contributed by atoms with Gasteiger partial charge in [-0.2, -0.15) is 0 Å². The molecule has 4 aromatic rings. The van der Waals surface area contributed by atoms with Crippen LogP contribution in [-0.2, 0) is 6.42 Å². The average molecular weight is 420 g/mol. The molecule has 0 aliphatic rings. The molecule has 0 unspecified atom stereocenters. The molecule has 0 aliphatic heterocycles. The zero-order valence-corrected chi connectivity index (χ0v) is 16.7. The predicted octanol–water partition coefficient (Wildman–Crippen LogP) is 6.24. The third kappa shape index (κ3) is 4.67. The van der Waals surface area contributed by atoms with E-state index in [1.165, 1.54) is 12.1 Å². The highest BCUT2D eigenvalue weighted by atomic mass is 35.5. The fourth-order valence-electron chi connectivity index (χ4n) is 3.13. The molecule has 0 amide bonds. The number of hydrogen-bond acceptors (Lipinski definition) is 5. The van der Waals surface area contributed by atoms with E-state index in [1.807, 2.05) is 48.5 Å². The van der Waals surface area contributed by atoms with Gasteiger partial charge in [0.05, 0.1) is 10.4 Å². The third-order valence-corrected chi connectivity index (χ3v) is 4.80. The van der Waals surface area contributed by atoms with E-state index in [4.69, 9.17) is 16.3 Å². The molecule has 0 aliphatic carbocycles. The molecule has 0 fully saturated rings. The lowest BCUT2D eigenvalue weighted by Crippen LogP contribution is -2.06. The van der Waals surface area contributed by atoms with Crippen molar-refractivity contribution in [2.75, 3.05) is 11.9 Å². The Balaban J connectivity index is 1.51. The Morgan fingerprint density at radius 1 is 0.967 bits per heavy atom. The Hall–Kier alpha value is -3.64. The summed E-state index contributed by atoms with van der Waals surface area (Å²) < 4.78 is 5.93. The highest BCUT2D eigenvalue weighted by Gasteiger charge is 2.08. The number of nitrogens with one attached hydrogen (secondary N) is 1. The lowest BCUT2D eigenvalue weighted by Gasteiger charge is -2.12. The van der Waals surface area contributed by atoms with Gasteiger partial charge in [0.1, 0.15) is 16.7 Å². The van der Waals surface area contributed by atoms with Crippen molar-refractivity contribution >= 4 is 33.9 Å². The molecule has 1 heterocycles. The van der Waals surface area contributed by atoms with Crippen LogP contribution in [-0.4, -0.2) is 16.5 Å². The molecular weight excluding hydrogens is 402 g/mol. The summed E-state index contributed by atoms with van der Waals surface area (Å²) in [7, 11) is 0. The van der Waals surface area contributed by atoms with E-state index >= 15 is 0 Å². The Bertz CT molecular complexity index is 1180. The van der Waals surface area contributed by atoms with Crippen molar-refractivity contribution in [1.82, 2.24) is 4.98 Å². The summed E-state index contributed by atoms with van der Waals surface area (Å²) in [5.41, 5.74) is 2.71. The molecule has 3 aromatic carbocycles. The first kappa shape index (κ1) is 19.7. The van der Waals surface area contributed by atoms with Gasteiger partial charge in [-0.05, 0) is 48.4 Å². The first-order valence-corrected chi connectivity index (χ1v) is 9.77. The topological polar surface area (TPSA) is 77.3 Å². The molecule has 0 atom stereocenters. The number of rotatable bonds is 7. The first-order valence-electron chi connectivity index (χ1n) is 9.39. The van der Waals surface area contributed by atoms with Gasteiger partial charge in [0.25, 0.3) is 5.69 Å². The molecule has 0 saturated carbocycles. The van der Waals surface area contributed by atoms with Crippen LogP contribution in [0.1, 0.15) is 5.56 Å². The van der Waals surface area contributed by atoms with Crippen molar-refractivity contribution in [3.8, 4) is 11.5 Å². The Labute approximate surface area is 178 Å². The van der Waals surface area contributed by atoms with Crippen LogP contribution in [0.3, 0.4) is 0 Å². The fourth-order valence-corrected chi connectivity index (χ4v) is 3.33. The van der Waals surface area contributed by atoms with E-state index in [0.29, 0.717) is 23.9 Å². The maximum absolute atomic E-state index is 10.8. The average Bonchev–Trinajstić information content (AvgIpc) is 2.75. The molecule has 0 saturated heterocycles. The quantitative estimate of drug-likeness (QED) is 0.218. The molecule has 1 N–H and O–H groups in total. The van der Waals surface area contributed by atoms with Crippen LogP contribution in [0.2, 0.25) is 5.15 Å².